The van der Waals surface area contributed by atoms with Crippen molar-refractivity contribution < 1.29 is 18.6 Å². The monoisotopic (exact) mass is 289 g/mol. The van der Waals surface area contributed by atoms with Crippen molar-refractivity contribution in [2.24, 2.45) is 13.0 Å². The van der Waals surface area contributed by atoms with Gasteiger partial charge >= 0.3 is 0 Å². The summed E-state index contributed by atoms with van der Waals surface area (Å²) < 4.78 is 33.4. The Morgan fingerprint density at radius 2 is 2.40 bits per heavy atom. The molecule has 0 unspecified atom stereocenters. The van der Waals surface area contributed by atoms with E-state index in [1.54, 1.807) is 10.9 Å². The fourth-order valence-electron chi connectivity index (χ4n) is 2.50. The van der Waals surface area contributed by atoms with Gasteiger partial charge < -0.3 is 15.2 Å². The number of hydrogen-bond donors (Lipinski definition) is 2. The van der Waals surface area contributed by atoms with Crippen LogP contribution >= 0.6 is 0 Å². The van der Waals surface area contributed by atoms with Gasteiger partial charge in [-0.1, -0.05) is 0 Å². The summed E-state index contributed by atoms with van der Waals surface area (Å²) in [5.74, 6) is -2.93. The molecule has 2 heterocycles. The van der Waals surface area contributed by atoms with Gasteiger partial charge in [0.2, 0.25) is 0 Å². The Hall–Kier alpha value is -1.05. The van der Waals surface area contributed by atoms with E-state index in [0.29, 0.717) is 13.2 Å². The van der Waals surface area contributed by atoms with Gasteiger partial charge in [0.1, 0.15) is 6.61 Å². The maximum Gasteiger partial charge on any atom is 0.282 e. The summed E-state index contributed by atoms with van der Waals surface area (Å²) in [6.45, 7) is -0.523. The first-order valence-electron chi connectivity index (χ1n) is 6.81. The number of nitrogens with one attached hydrogen (secondary N) is 1. The normalized spacial score (nSPS) is 24.0. The topological polar surface area (TPSA) is 59.3 Å². The van der Waals surface area contributed by atoms with E-state index < -0.39 is 19.1 Å². The molecule has 0 spiro atoms. The molecule has 20 heavy (non-hydrogen) atoms. The zero-order chi connectivity index (χ0) is 14.6. The van der Waals surface area contributed by atoms with E-state index in [1.807, 2.05) is 13.2 Å². The second kappa shape index (κ2) is 6.60. The Morgan fingerprint density at radius 3 is 3.05 bits per heavy atom. The third kappa shape index (κ3) is 3.97. The first-order chi connectivity index (χ1) is 9.52. The van der Waals surface area contributed by atoms with E-state index in [1.165, 1.54) is 0 Å². The van der Waals surface area contributed by atoms with Crippen molar-refractivity contribution in [1.29, 1.82) is 0 Å². The highest BCUT2D eigenvalue weighted by Gasteiger charge is 2.31. The molecule has 0 aromatic carbocycles. The summed E-state index contributed by atoms with van der Waals surface area (Å²) >= 11 is 0. The number of aliphatic hydroxyl groups excluding tert-OH is 1. The highest BCUT2D eigenvalue weighted by atomic mass is 19.3. The van der Waals surface area contributed by atoms with Crippen molar-refractivity contribution in [3.63, 3.8) is 0 Å². The molecule has 0 radical (unpaired) electrons. The van der Waals surface area contributed by atoms with E-state index in [4.69, 9.17) is 9.84 Å². The first kappa shape index (κ1) is 15.3. The summed E-state index contributed by atoms with van der Waals surface area (Å²) in [6.07, 6.45) is 5.40. The minimum Gasteiger partial charge on any atom is -0.390 e. The molecule has 2 rings (SSSR count). The lowest BCUT2D eigenvalue weighted by atomic mass is 9.91. The Morgan fingerprint density at radius 1 is 1.60 bits per heavy atom. The Balaban J connectivity index is 1.91. The SMILES string of the molecule is Cn1cc([C@@H]2OCCC[C@H]2CNCC(F)(F)CO)cn1. The van der Waals surface area contributed by atoms with E-state index in [-0.39, 0.29) is 12.0 Å². The molecule has 5 nitrogen and oxygen atoms in total. The molecular weight excluding hydrogens is 268 g/mol. The highest BCUT2D eigenvalue weighted by molar-refractivity contribution is 5.10. The quantitative estimate of drug-likeness (QED) is 0.823. The van der Waals surface area contributed by atoms with Crippen LogP contribution in [0.15, 0.2) is 12.4 Å². The predicted molar refractivity (Wildman–Crippen MR) is 69.5 cm³/mol. The van der Waals surface area contributed by atoms with Gasteiger partial charge in [0.25, 0.3) is 5.92 Å². The minimum absolute atomic E-state index is 0.104. The lowest BCUT2D eigenvalue weighted by Gasteiger charge is -2.31. The molecule has 0 aliphatic carbocycles. The van der Waals surface area contributed by atoms with Gasteiger partial charge in [-0.2, -0.15) is 5.10 Å². The highest BCUT2D eigenvalue weighted by Crippen LogP contribution is 2.33. The smallest absolute Gasteiger partial charge is 0.282 e. The fourth-order valence-corrected chi connectivity index (χ4v) is 2.50. The molecule has 1 aliphatic heterocycles. The molecule has 1 aromatic rings. The number of aliphatic hydroxyl groups is 1. The van der Waals surface area contributed by atoms with Crippen molar-refractivity contribution in [3.8, 4) is 0 Å². The molecule has 1 aliphatic rings. The standard InChI is InChI=1S/C13H21F2N3O2/c1-18-7-11(6-17-18)12-10(3-2-4-20-12)5-16-8-13(14,15)9-19/h6-7,10,12,16,19H,2-5,8-9H2,1H3/t10-,12+/m0/s1. The Kier molecular flexibility index (Phi) is 5.06. The van der Waals surface area contributed by atoms with Crippen molar-refractivity contribution >= 4 is 0 Å². The van der Waals surface area contributed by atoms with Crippen LogP contribution < -0.4 is 5.32 Å². The molecule has 1 saturated heterocycles. The second-order valence-electron chi connectivity index (χ2n) is 5.29. The largest absolute Gasteiger partial charge is 0.390 e. The summed E-state index contributed by atoms with van der Waals surface area (Å²) in [5.41, 5.74) is 0.980. The van der Waals surface area contributed by atoms with Crippen LogP contribution in [-0.2, 0) is 11.8 Å². The Bertz CT molecular complexity index is 426. The number of aryl methyl sites for hydroxylation is 1. The van der Waals surface area contributed by atoms with Gasteiger partial charge in [0, 0.05) is 37.9 Å². The van der Waals surface area contributed by atoms with Crippen LogP contribution in [0, 0.1) is 5.92 Å². The van der Waals surface area contributed by atoms with Crippen molar-refractivity contribution in [2.75, 3.05) is 26.3 Å². The number of aromatic nitrogens is 2. The molecule has 114 valence electrons. The summed E-state index contributed by atoms with van der Waals surface area (Å²) in [5, 5.41) is 15.4. The number of halogens is 2. The zero-order valence-corrected chi connectivity index (χ0v) is 11.6. The van der Waals surface area contributed by atoms with Crippen LogP contribution in [0.5, 0.6) is 0 Å². The van der Waals surface area contributed by atoms with E-state index >= 15 is 0 Å². The summed E-state index contributed by atoms with van der Waals surface area (Å²) in [7, 11) is 1.83. The first-order valence-corrected chi connectivity index (χ1v) is 6.81. The average molecular weight is 289 g/mol. The molecule has 0 saturated carbocycles. The molecule has 2 N–H and O–H groups in total. The van der Waals surface area contributed by atoms with Crippen LogP contribution in [0.2, 0.25) is 0 Å². The average Bonchev–Trinajstić information content (AvgIpc) is 2.86. The molecule has 0 bridgehead atoms. The van der Waals surface area contributed by atoms with Crippen molar-refractivity contribution in [3.05, 3.63) is 18.0 Å². The van der Waals surface area contributed by atoms with Gasteiger partial charge in [0.05, 0.1) is 18.8 Å². The number of nitrogens with zero attached hydrogens (tertiary/aromatic N) is 2. The number of ether oxygens (including phenoxy) is 1. The lowest BCUT2D eigenvalue weighted by Crippen LogP contribution is -2.40. The molecule has 1 aromatic heterocycles. The van der Waals surface area contributed by atoms with Gasteiger partial charge in [0.15, 0.2) is 0 Å². The zero-order valence-electron chi connectivity index (χ0n) is 11.6. The third-order valence-corrected chi connectivity index (χ3v) is 3.52. The van der Waals surface area contributed by atoms with E-state index in [9.17, 15) is 8.78 Å². The maximum atomic E-state index is 13.0. The van der Waals surface area contributed by atoms with E-state index in [2.05, 4.69) is 10.4 Å². The predicted octanol–water partition coefficient (Wildman–Crippen LogP) is 1.10. The van der Waals surface area contributed by atoms with Crippen molar-refractivity contribution in [2.45, 2.75) is 24.9 Å². The number of rotatable bonds is 6. The van der Waals surface area contributed by atoms with Gasteiger partial charge in [-0.15, -0.1) is 0 Å². The second-order valence-corrected chi connectivity index (χ2v) is 5.29. The summed E-state index contributed by atoms with van der Waals surface area (Å²) in [6, 6.07) is 0. The maximum absolute atomic E-state index is 13.0. The van der Waals surface area contributed by atoms with Gasteiger partial charge in [-0.3, -0.25) is 4.68 Å². The van der Waals surface area contributed by atoms with Gasteiger partial charge in [-0.25, -0.2) is 8.78 Å². The third-order valence-electron chi connectivity index (χ3n) is 3.52. The molecular formula is C13H21F2N3O2. The van der Waals surface area contributed by atoms with Crippen LogP contribution in [0.25, 0.3) is 0 Å². The van der Waals surface area contributed by atoms with Gasteiger partial charge in [-0.05, 0) is 12.8 Å². The van der Waals surface area contributed by atoms with Crippen molar-refractivity contribution in [1.82, 2.24) is 15.1 Å². The summed E-state index contributed by atoms with van der Waals surface area (Å²) in [4.78, 5) is 0. The van der Waals surface area contributed by atoms with E-state index in [0.717, 1.165) is 18.4 Å². The molecule has 2 atom stereocenters. The number of alkyl halides is 2. The molecule has 7 heteroatoms. The number of hydrogen-bond acceptors (Lipinski definition) is 4. The minimum atomic E-state index is -3.07. The molecule has 1 fully saturated rings. The fraction of sp³-hybridized carbons (Fsp3) is 0.769. The van der Waals surface area contributed by atoms with Crippen LogP contribution in [0.3, 0.4) is 0 Å². The van der Waals surface area contributed by atoms with Crippen LogP contribution in [0.1, 0.15) is 24.5 Å². The van der Waals surface area contributed by atoms with Crippen LogP contribution in [0.4, 0.5) is 8.78 Å². The van der Waals surface area contributed by atoms with Crippen LogP contribution in [-0.4, -0.2) is 47.1 Å². The lowest BCUT2D eigenvalue weighted by molar-refractivity contribution is -0.0546. The Labute approximate surface area is 116 Å². The molecule has 0 amide bonds.